The number of Topliss-reactive ketones (excluding diaryl/α,β-unsaturated/α-hetero) is 1. The van der Waals surface area contributed by atoms with E-state index >= 15 is 0 Å². The van der Waals surface area contributed by atoms with Crippen LogP contribution in [0.2, 0.25) is 0 Å². The van der Waals surface area contributed by atoms with Crippen LogP contribution < -0.4 is 20.5 Å². The molecule has 1 N–H and O–H groups in total. The van der Waals surface area contributed by atoms with Gasteiger partial charge in [-0.3, -0.25) is 19.7 Å². The molecule has 9 heteroatoms. The molecule has 3 heterocycles. The lowest BCUT2D eigenvalue weighted by molar-refractivity contribution is -0.131. The number of nitrogens with zero attached hydrogens (tertiary/aromatic N) is 2. The first kappa shape index (κ1) is 25.5. The lowest BCUT2D eigenvalue weighted by atomic mass is 9.95. The van der Waals surface area contributed by atoms with Crippen molar-refractivity contribution in [3.05, 3.63) is 63.5 Å². The Morgan fingerprint density at radius 3 is 2.81 bits per heavy atom. The summed E-state index contributed by atoms with van der Waals surface area (Å²) in [5.74, 6) is 0.00396. The number of benzene rings is 1. The van der Waals surface area contributed by atoms with Crippen molar-refractivity contribution in [3.63, 3.8) is 0 Å². The van der Waals surface area contributed by atoms with Crippen LogP contribution in [0.15, 0.2) is 47.5 Å². The maximum Gasteiger partial charge on any atom is 0.299 e. The van der Waals surface area contributed by atoms with E-state index in [1.165, 1.54) is 28.7 Å². The third-order valence-corrected chi connectivity index (χ3v) is 8.90. The number of methoxy groups -OCH3 is 1. The first-order valence-corrected chi connectivity index (χ1v) is 14.3. The van der Waals surface area contributed by atoms with Crippen LogP contribution in [0.4, 0.5) is 5.13 Å². The van der Waals surface area contributed by atoms with E-state index in [1.807, 2.05) is 17.9 Å². The van der Waals surface area contributed by atoms with E-state index in [9.17, 15) is 14.4 Å². The minimum Gasteiger partial charge on any atom is -0.496 e. The number of hydrogen-bond acceptors (Lipinski definition) is 7. The summed E-state index contributed by atoms with van der Waals surface area (Å²) in [5.41, 5.74) is 2.83. The third kappa shape index (κ3) is 5.43. The Morgan fingerprint density at radius 2 is 2.08 bits per heavy atom. The Morgan fingerprint density at radius 1 is 1.22 bits per heavy atom. The zero-order valence-electron chi connectivity index (χ0n) is 20.9. The second kappa shape index (κ2) is 11.1. The highest BCUT2D eigenvalue weighted by molar-refractivity contribution is 8.09. The number of allylic oxidation sites excluding steroid dienone is 4. The molecule has 1 fully saturated rings. The summed E-state index contributed by atoms with van der Waals surface area (Å²) in [6.07, 6.45) is 12.4. The van der Waals surface area contributed by atoms with Gasteiger partial charge in [0.05, 0.1) is 17.6 Å². The summed E-state index contributed by atoms with van der Waals surface area (Å²) < 4.78 is 5.64. The molecule has 2 aliphatic heterocycles. The van der Waals surface area contributed by atoms with Gasteiger partial charge < -0.3 is 9.64 Å². The van der Waals surface area contributed by atoms with E-state index in [1.54, 1.807) is 24.8 Å². The lowest BCUT2D eigenvalue weighted by Crippen LogP contribution is -2.38. The second-order valence-electron chi connectivity index (χ2n) is 9.49. The maximum absolute atomic E-state index is 13.7. The zero-order valence-corrected chi connectivity index (χ0v) is 22.5. The van der Waals surface area contributed by atoms with Gasteiger partial charge in [-0.25, -0.2) is 4.98 Å². The fraction of sp³-hybridized carbons (Fsp3) is 0.357. The summed E-state index contributed by atoms with van der Waals surface area (Å²) in [4.78, 5) is 45.8. The number of carbonyl (C=O) groups is 3. The van der Waals surface area contributed by atoms with Crippen LogP contribution in [0.3, 0.4) is 0 Å². The number of fused-ring (bicyclic) bond motifs is 1. The van der Waals surface area contributed by atoms with Gasteiger partial charge in [-0.05, 0) is 55.9 Å². The zero-order chi connectivity index (χ0) is 25.9. The van der Waals surface area contributed by atoms with Gasteiger partial charge in [0.25, 0.3) is 17.6 Å². The maximum atomic E-state index is 13.7. The number of rotatable bonds is 7. The molecular formula is C28H29N3O4S2. The predicted octanol–water partition coefficient (Wildman–Crippen LogP) is 3.51. The van der Waals surface area contributed by atoms with Crippen LogP contribution in [0.25, 0.3) is 10.5 Å². The van der Waals surface area contributed by atoms with E-state index in [4.69, 9.17) is 4.74 Å². The van der Waals surface area contributed by atoms with Gasteiger partial charge in [-0.1, -0.05) is 29.4 Å². The Balaban J connectivity index is 1.45. The molecule has 7 nitrogen and oxygen atoms in total. The van der Waals surface area contributed by atoms with Gasteiger partial charge in [0.1, 0.15) is 5.75 Å². The van der Waals surface area contributed by atoms with Crippen molar-refractivity contribution in [2.45, 2.75) is 32.6 Å². The normalized spacial score (nSPS) is 18.9. The van der Waals surface area contributed by atoms with Crippen molar-refractivity contribution in [1.82, 2.24) is 9.88 Å². The number of ether oxygens (including phenoxy) is 1. The summed E-state index contributed by atoms with van der Waals surface area (Å²) in [5, 5.41) is 6.10. The van der Waals surface area contributed by atoms with Crippen LogP contribution in [-0.2, 0) is 9.59 Å². The second-order valence-corrected chi connectivity index (χ2v) is 11.4. The van der Waals surface area contributed by atoms with Gasteiger partial charge in [-0.15, -0.1) is 23.1 Å². The van der Waals surface area contributed by atoms with E-state index in [-0.39, 0.29) is 5.91 Å². The average Bonchev–Trinajstić information content (AvgIpc) is 3.60. The van der Waals surface area contributed by atoms with Crippen LogP contribution in [0.1, 0.15) is 43.0 Å². The van der Waals surface area contributed by atoms with Crippen LogP contribution in [0, 0.1) is 5.92 Å². The molecule has 2 amide bonds. The van der Waals surface area contributed by atoms with Gasteiger partial charge in [0.15, 0.2) is 5.13 Å². The lowest BCUT2D eigenvalue weighted by Gasteiger charge is -2.20. The molecule has 1 aliphatic carbocycles. The number of carbonyl (C=O) groups excluding carboxylic acids is 3. The van der Waals surface area contributed by atoms with E-state index in [0.717, 1.165) is 36.5 Å². The van der Waals surface area contributed by atoms with Crippen molar-refractivity contribution < 1.29 is 19.1 Å². The number of anilines is 1. The molecule has 2 aromatic rings. The first-order valence-electron chi connectivity index (χ1n) is 12.4. The molecular weight excluding hydrogens is 506 g/mol. The standard InChI is InChI=1S/C28H29N3O4S2/c1-17-16-37-25(24(32)26(33)30-28-29-9-11-36-28)21-13-22(23(35-2)14-20(17)21)27(34)31-10-8-19(15-31)12-18-6-4-3-5-7-18/h4,6-7,9,11,13-14,19H,3,5,8,10,12,15-16H2,1-2H3,(H,29,30,33). The number of likely N-dealkylation sites (tertiary alicyclic amines) is 1. The van der Waals surface area contributed by atoms with Crippen molar-refractivity contribution in [3.8, 4) is 5.75 Å². The van der Waals surface area contributed by atoms with Crippen molar-refractivity contribution in [1.29, 1.82) is 0 Å². The number of ketones is 1. The molecule has 192 valence electrons. The summed E-state index contributed by atoms with van der Waals surface area (Å²) in [6.45, 7) is 3.37. The number of thiazole rings is 1. The highest BCUT2D eigenvalue weighted by Crippen LogP contribution is 2.29. The molecule has 0 saturated carbocycles. The number of amides is 2. The molecule has 1 saturated heterocycles. The number of aromatic nitrogens is 1. The van der Waals surface area contributed by atoms with Gasteiger partial charge in [0.2, 0.25) is 0 Å². The Labute approximate surface area is 224 Å². The quantitative estimate of drug-likeness (QED) is 0.546. The number of hydrogen-bond donors (Lipinski definition) is 1. The molecule has 0 radical (unpaired) electrons. The predicted molar refractivity (Wildman–Crippen MR) is 148 cm³/mol. The van der Waals surface area contributed by atoms with Crippen molar-refractivity contribution >= 4 is 56.3 Å². The van der Waals surface area contributed by atoms with E-state index < -0.39 is 11.7 Å². The summed E-state index contributed by atoms with van der Waals surface area (Å²) in [7, 11) is 1.55. The average molecular weight is 536 g/mol. The molecule has 1 unspecified atom stereocenters. The molecule has 1 atom stereocenters. The fourth-order valence-electron chi connectivity index (χ4n) is 5.03. The topological polar surface area (TPSA) is 88.6 Å². The van der Waals surface area contributed by atoms with Gasteiger partial charge >= 0.3 is 0 Å². The number of nitrogens with one attached hydrogen (secondary N) is 1. The van der Waals surface area contributed by atoms with Crippen molar-refractivity contribution in [2.24, 2.45) is 5.92 Å². The molecule has 0 bridgehead atoms. The smallest absolute Gasteiger partial charge is 0.299 e. The van der Waals surface area contributed by atoms with E-state index in [0.29, 0.717) is 51.3 Å². The Hall–Kier alpha value is -3.17. The Bertz CT molecular complexity index is 1430. The third-order valence-electron chi connectivity index (χ3n) is 6.94. The monoisotopic (exact) mass is 535 g/mol. The minimum absolute atomic E-state index is 0.109. The molecule has 0 spiro atoms. The first-order chi connectivity index (χ1) is 17.9. The largest absolute Gasteiger partial charge is 0.496 e. The highest BCUT2D eigenvalue weighted by Gasteiger charge is 2.30. The van der Waals surface area contributed by atoms with Crippen LogP contribution in [0.5, 0.6) is 5.75 Å². The van der Waals surface area contributed by atoms with Gasteiger partial charge in [0, 0.05) is 35.6 Å². The van der Waals surface area contributed by atoms with Crippen LogP contribution >= 0.6 is 23.1 Å². The van der Waals surface area contributed by atoms with E-state index in [2.05, 4.69) is 28.5 Å². The molecule has 5 rings (SSSR count). The number of thioether (sulfide) groups is 1. The Kier molecular flexibility index (Phi) is 7.62. The summed E-state index contributed by atoms with van der Waals surface area (Å²) >= 11 is 2.57. The molecule has 3 aliphatic rings. The molecule has 37 heavy (non-hydrogen) atoms. The fourth-order valence-corrected chi connectivity index (χ4v) is 6.62. The highest BCUT2D eigenvalue weighted by atomic mass is 32.2. The summed E-state index contributed by atoms with van der Waals surface area (Å²) in [6, 6.07) is 3.56. The SMILES string of the molecule is COc1cc2c(cc1C(=O)N1CCC(CC3=CCCC=C3)C1)=C(C(=O)C(=O)Nc1nccs1)SCC=2C. The molecule has 1 aromatic heterocycles. The molecule has 1 aromatic carbocycles. The minimum atomic E-state index is -0.736. The van der Waals surface area contributed by atoms with Gasteiger partial charge in [-0.2, -0.15) is 0 Å². The van der Waals surface area contributed by atoms with Crippen molar-refractivity contribution in [2.75, 3.05) is 31.3 Å². The van der Waals surface area contributed by atoms with Crippen LogP contribution in [-0.4, -0.2) is 53.4 Å².